The molecule has 1 unspecified atom stereocenters. The van der Waals surface area contributed by atoms with Gasteiger partial charge in [0.1, 0.15) is 5.75 Å². The lowest BCUT2D eigenvalue weighted by molar-refractivity contribution is -0.124. The van der Waals surface area contributed by atoms with Crippen LogP contribution in [0.4, 0.5) is 0 Å². The fraction of sp³-hybridized carbons (Fsp3) is 0.125. The van der Waals surface area contributed by atoms with Gasteiger partial charge in [-0.2, -0.15) is 0 Å². The molecular formula is C8H9BrN2O2. The Labute approximate surface area is 84.2 Å². The number of rotatable bonds is 3. The highest BCUT2D eigenvalue weighted by molar-refractivity contribution is 9.09. The molecule has 4 nitrogen and oxygen atoms in total. The Hall–Kier alpha value is -1.07. The lowest BCUT2D eigenvalue weighted by atomic mass is 10.3. The number of hydrogen-bond donors (Lipinski definition) is 2. The highest BCUT2D eigenvalue weighted by atomic mass is 79.9. The number of nitrogens with two attached hydrogens (primary N) is 1. The molecule has 70 valence electrons. The van der Waals surface area contributed by atoms with Crippen LogP contribution in [0.15, 0.2) is 30.3 Å². The van der Waals surface area contributed by atoms with Gasteiger partial charge in [-0.1, -0.05) is 18.2 Å². The Morgan fingerprint density at radius 3 is 2.62 bits per heavy atom. The summed E-state index contributed by atoms with van der Waals surface area (Å²) in [6.45, 7) is 0. The van der Waals surface area contributed by atoms with Gasteiger partial charge in [0.2, 0.25) is 5.01 Å². The number of carbonyl (C=O) groups is 1. The first-order valence-corrected chi connectivity index (χ1v) is 4.52. The summed E-state index contributed by atoms with van der Waals surface area (Å²) in [5.74, 6) is 5.09. The SMILES string of the molecule is NNC(=O)C(Br)Oc1ccccc1. The molecular weight excluding hydrogens is 236 g/mol. The number of amides is 1. The van der Waals surface area contributed by atoms with Crippen LogP contribution in [0.3, 0.4) is 0 Å². The van der Waals surface area contributed by atoms with Crippen LogP contribution in [-0.4, -0.2) is 10.9 Å². The van der Waals surface area contributed by atoms with Crippen LogP contribution in [0.25, 0.3) is 0 Å². The van der Waals surface area contributed by atoms with E-state index in [1.54, 1.807) is 12.1 Å². The molecule has 1 atom stereocenters. The van der Waals surface area contributed by atoms with Crippen molar-refractivity contribution < 1.29 is 9.53 Å². The largest absolute Gasteiger partial charge is 0.469 e. The molecule has 0 aliphatic rings. The first-order chi connectivity index (χ1) is 6.24. The maximum absolute atomic E-state index is 10.9. The van der Waals surface area contributed by atoms with Gasteiger partial charge >= 0.3 is 0 Å². The van der Waals surface area contributed by atoms with Gasteiger partial charge in [-0.05, 0) is 28.1 Å². The number of para-hydroxylation sites is 1. The highest BCUT2D eigenvalue weighted by Gasteiger charge is 2.14. The van der Waals surface area contributed by atoms with Crippen LogP contribution < -0.4 is 16.0 Å². The Morgan fingerprint density at radius 1 is 1.46 bits per heavy atom. The smallest absolute Gasteiger partial charge is 0.286 e. The monoisotopic (exact) mass is 244 g/mol. The molecule has 0 saturated heterocycles. The molecule has 13 heavy (non-hydrogen) atoms. The van der Waals surface area contributed by atoms with E-state index in [0.29, 0.717) is 5.75 Å². The van der Waals surface area contributed by atoms with Gasteiger partial charge in [-0.3, -0.25) is 10.2 Å². The Bertz CT molecular complexity index is 279. The minimum absolute atomic E-state index is 0.427. The van der Waals surface area contributed by atoms with Crippen molar-refractivity contribution in [3.8, 4) is 5.75 Å². The maximum atomic E-state index is 10.9. The van der Waals surface area contributed by atoms with E-state index in [-0.39, 0.29) is 0 Å². The van der Waals surface area contributed by atoms with Gasteiger partial charge < -0.3 is 4.74 Å². The van der Waals surface area contributed by atoms with Gasteiger partial charge in [0.25, 0.3) is 5.91 Å². The molecule has 0 aliphatic carbocycles. The summed E-state index contributed by atoms with van der Waals surface area (Å²) in [5, 5.41) is -0.764. The van der Waals surface area contributed by atoms with Crippen molar-refractivity contribution in [1.29, 1.82) is 0 Å². The Kier molecular flexibility index (Phi) is 3.72. The quantitative estimate of drug-likeness (QED) is 0.358. The summed E-state index contributed by atoms with van der Waals surface area (Å²) in [7, 11) is 0. The third-order valence-corrected chi connectivity index (χ3v) is 1.93. The second kappa shape index (κ2) is 4.84. The van der Waals surface area contributed by atoms with Gasteiger partial charge in [0.15, 0.2) is 0 Å². The van der Waals surface area contributed by atoms with Crippen molar-refractivity contribution in [3.05, 3.63) is 30.3 Å². The van der Waals surface area contributed by atoms with Crippen LogP contribution in [-0.2, 0) is 4.79 Å². The first-order valence-electron chi connectivity index (χ1n) is 3.60. The summed E-state index contributed by atoms with van der Waals surface area (Å²) in [4.78, 5) is 10.9. The van der Waals surface area contributed by atoms with Crippen LogP contribution in [0, 0.1) is 0 Å². The molecule has 0 radical (unpaired) electrons. The minimum Gasteiger partial charge on any atom is -0.469 e. The summed E-state index contributed by atoms with van der Waals surface area (Å²) in [5.41, 5.74) is 1.97. The van der Waals surface area contributed by atoms with E-state index >= 15 is 0 Å². The molecule has 0 aliphatic heterocycles. The fourth-order valence-electron chi connectivity index (χ4n) is 0.738. The van der Waals surface area contributed by atoms with Crippen molar-refractivity contribution in [2.45, 2.75) is 5.01 Å². The van der Waals surface area contributed by atoms with Crippen LogP contribution in [0.2, 0.25) is 0 Å². The standard InChI is InChI=1S/C8H9BrN2O2/c9-7(8(12)11-10)13-6-4-2-1-3-5-6/h1-5,7H,10H2,(H,11,12). The van der Waals surface area contributed by atoms with Crippen molar-refractivity contribution >= 4 is 21.8 Å². The van der Waals surface area contributed by atoms with Crippen molar-refractivity contribution in [3.63, 3.8) is 0 Å². The van der Waals surface area contributed by atoms with Gasteiger partial charge in [0, 0.05) is 0 Å². The number of carbonyl (C=O) groups excluding carboxylic acids is 1. The molecule has 1 rings (SSSR count). The number of halogens is 1. The molecule has 0 heterocycles. The van der Waals surface area contributed by atoms with Crippen LogP contribution >= 0.6 is 15.9 Å². The average molecular weight is 245 g/mol. The van der Waals surface area contributed by atoms with Crippen LogP contribution in [0.1, 0.15) is 0 Å². The zero-order chi connectivity index (χ0) is 9.68. The van der Waals surface area contributed by atoms with E-state index < -0.39 is 10.9 Å². The molecule has 0 fully saturated rings. The third-order valence-electron chi connectivity index (χ3n) is 1.33. The molecule has 1 aromatic rings. The number of ether oxygens (including phenoxy) is 1. The van der Waals surface area contributed by atoms with Gasteiger partial charge in [-0.25, -0.2) is 5.84 Å². The molecule has 3 N–H and O–H groups in total. The van der Waals surface area contributed by atoms with E-state index in [9.17, 15) is 4.79 Å². The zero-order valence-electron chi connectivity index (χ0n) is 6.74. The highest BCUT2D eigenvalue weighted by Crippen LogP contribution is 2.13. The number of nitrogens with one attached hydrogen (secondary N) is 1. The first kappa shape index (κ1) is 10.0. The Morgan fingerprint density at radius 2 is 2.08 bits per heavy atom. The summed E-state index contributed by atoms with van der Waals surface area (Å²) < 4.78 is 5.19. The number of hydrazine groups is 1. The van der Waals surface area contributed by atoms with Crippen molar-refractivity contribution in [2.75, 3.05) is 0 Å². The summed E-state index contributed by atoms with van der Waals surface area (Å²) in [6.07, 6.45) is 0. The maximum Gasteiger partial charge on any atom is 0.286 e. The molecule has 0 spiro atoms. The lowest BCUT2D eigenvalue weighted by Gasteiger charge is -2.10. The topological polar surface area (TPSA) is 64.3 Å². The number of alkyl halides is 1. The Balaban J connectivity index is 2.55. The van der Waals surface area contributed by atoms with Gasteiger partial charge in [0.05, 0.1) is 0 Å². The minimum atomic E-state index is -0.764. The lowest BCUT2D eigenvalue weighted by Crippen LogP contribution is -2.38. The molecule has 5 heteroatoms. The van der Waals surface area contributed by atoms with E-state index in [0.717, 1.165) is 0 Å². The zero-order valence-corrected chi connectivity index (χ0v) is 8.32. The molecule has 0 bridgehead atoms. The molecule has 0 saturated carbocycles. The van der Waals surface area contributed by atoms with Gasteiger partial charge in [-0.15, -0.1) is 0 Å². The van der Waals surface area contributed by atoms with E-state index in [1.807, 2.05) is 23.6 Å². The molecule has 1 aromatic carbocycles. The third kappa shape index (κ3) is 3.04. The number of hydrogen-bond acceptors (Lipinski definition) is 3. The normalized spacial score (nSPS) is 11.8. The van der Waals surface area contributed by atoms with E-state index in [4.69, 9.17) is 10.6 Å². The summed E-state index contributed by atoms with van der Waals surface area (Å²) in [6, 6.07) is 8.99. The van der Waals surface area contributed by atoms with Crippen molar-refractivity contribution in [1.82, 2.24) is 5.43 Å². The summed E-state index contributed by atoms with van der Waals surface area (Å²) >= 11 is 3.03. The second-order valence-electron chi connectivity index (χ2n) is 2.26. The second-order valence-corrected chi connectivity index (χ2v) is 3.09. The molecule has 1 amide bonds. The fourth-order valence-corrected chi connectivity index (χ4v) is 1.09. The number of benzene rings is 1. The van der Waals surface area contributed by atoms with E-state index in [1.165, 1.54) is 0 Å². The van der Waals surface area contributed by atoms with E-state index in [2.05, 4.69) is 15.9 Å². The average Bonchev–Trinajstić information content (AvgIpc) is 2.18. The predicted octanol–water partition coefficient (Wildman–Crippen LogP) is 0.776. The van der Waals surface area contributed by atoms with Crippen molar-refractivity contribution in [2.24, 2.45) is 5.84 Å². The predicted molar refractivity (Wildman–Crippen MR) is 52.1 cm³/mol. The molecule has 0 aromatic heterocycles. The van der Waals surface area contributed by atoms with Crippen LogP contribution in [0.5, 0.6) is 5.75 Å².